The lowest BCUT2D eigenvalue weighted by atomic mass is 10.1. The number of hydrogen-bond acceptors (Lipinski definition) is 3. The van der Waals surface area contributed by atoms with E-state index in [1.807, 2.05) is 6.07 Å². The molecular weight excluding hydrogens is 154 g/mol. The maximum absolute atomic E-state index is 10.4. The van der Waals surface area contributed by atoms with E-state index >= 15 is 0 Å². The average molecular weight is 163 g/mol. The molecule has 2 rings (SSSR count). The van der Waals surface area contributed by atoms with Crippen LogP contribution in [0.15, 0.2) is 12.3 Å². The molecule has 0 fully saturated rings. The van der Waals surface area contributed by atoms with Gasteiger partial charge < -0.3 is 4.74 Å². The molecule has 12 heavy (non-hydrogen) atoms. The molecule has 0 radical (unpaired) electrons. The molecule has 1 aromatic rings. The molecule has 0 atom stereocenters. The van der Waals surface area contributed by atoms with Crippen LogP contribution in [0.25, 0.3) is 0 Å². The second-order valence-corrected chi connectivity index (χ2v) is 2.79. The Balaban J connectivity index is 2.42. The van der Waals surface area contributed by atoms with Crippen LogP contribution in [0.4, 0.5) is 0 Å². The zero-order valence-corrected chi connectivity index (χ0v) is 6.62. The first kappa shape index (κ1) is 7.43. The van der Waals surface area contributed by atoms with Gasteiger partial charge in [-0.25, -0.2) is 0 Å². The van der Waals surface area contributed by atoms with Gasteiger partial charge in [-0.2, -0.15) is 0 Å². The number of hydrogen-bond donors (Lipinski definition) is 0. The quantitative estimate of drug-likeness (QED) is 0.579. The van der Waals surface area contributed by atoms with Crippen molar-refractivity contribution >= 4 is 6.29 Å². The van der Waals surface area contributed by atoms with Crippen LogP contribution in [0.5, 0.6) is 0 Å². The van der Waals surface area contributed by atoms with Crippen molar-refractivity contribution in [2.45, 2.75) is 13.0 Å². The molecule has 1 aliphatic heterocycles. The summed E-state index contributed by atoms with van der Waals surface area (Å²) in [5.74, 6) is 0. The summed E-state index contributed by atoms with van der Waals surface area (Å²) in [5, 5.41) is 0. The third kappa shape index (κ3) is 1.23. The minimum Gasteiger partial charge on any atom is -0.375 e. The molecule has 3 nitrogen and oxygen atoms in total. The smallest absolute Gasteiger partial charge is 0.151 e. The molecular formula is C9H9NO2. The van der Waals surface area contributed by atoms with Crippen LogP contribution < -0.4 is 0 Å². The first-order valence-electron chi connectivity index (χ1n) is 3.91. The third-order valence-corrected chi connectivity index (χ3v) is 1.97. The monoisotopic (exact) mass is 163 g/mol. The summed E-state index contributed by atoms with van der Waals surface area (Å²) in [6, 6.07) is 1.89. The Hall–Kier alpha value is -1.22. The van der Waals surface area contributed by atoms with Crippen LogP contribution >= 0.6 is 0 Å². The van der Waals surface area contributed by atoms with E-state index in [1.165, 1.54) is 0 Å². The van der Waals surface area contributed by atoms with Gasteiger partial charge in [0.2, 0.25) is 0 Å². The van der Waals surface area contributed by atoms with Crippen LogP contribution in [0.3, 0.4) is 0 Å². The molecule has 0 saturated carbocycles. The highest BCUT2D eigenvalue weighted by atomic mass is 16.5. The Morgan fingerprint density at radius 3 is 3.33 bits per heavy atom. The zero-order valence-electron chi connectivity index (χ0n) is 6.62. The van der Waals surface area contributed by atoms with E-state index < -0.39 is 0 Å². The number of carbonyl (C=O) groups is 1. The predicted molar refractivity (Wildman–Crippen MR) is 43.0 cm³/mol. The fraction of sp³-hybridized carbons (Fsp3) is 0.333. The van der Waals surface area contributed by atoms with Gasteiger partial charge in [0.15, 0.2) is 6.29 Å². The average Bonchev–Trinajstić information content (AvgIpc) is 2.17. The van der Waals surface area contributed by atoms with Gasteiger partial charge in [-0.3, -0.25) is 9.78 Å². The number of rotatable bonds is 1. The fourth-order valence-corrected chi connectivity index (χ4v) is 1.32. The van der Waals surface area contributed by atoms with Crippen molar-refractivity contribution in [3.63, 3.8) is 0 Å². The predicted octanol–water partition coefficient (Wildman–Crippen LogP) is 0.967. The van der Waals surface area contributed by atoms with Gasteiger partial charge in [0.1, 0.15) is 0 Å². The Labute approximate surface area is 70.4 Å². The second kappa shape index (κ2) is 3.03. The first-order valence-corrected chi connectivity index (χ1v) is 3.91. The van der Waals surface area contributed by atoms with Crippen molar-refractivity contribution < 1.29 is 9.53 Å². The highest BCUT2D eigenvalue weighted by Gasteiger charge is 2.10. The van der Waals surface area contributed by atoms with Crippen molar-refractivity contribution in [1.82, 2.24) is 4.98 Å². The molecule has 0 bridgehead atoms. The molecule has 62 valence electrons. The molecule has 0 aromatic carbocycles. The van der Waals surface area contributed by atoms with Crippen molar-refractivity contribution in [3.05, 3.63) is 29.1 Å². The van der Waals surface area contributed by atoms with Crippen LogP contribution in [0.2, 0.25) is 0 Å². The first-order chi connectivity index (χ1) is 5.90. The Bertz CT molecular complexity index is 309. The van der Waals surface area contributed by atoms with Crippen molar-refractivity contribution in [2.24, 2.45) is 0 Å². The van der Waals surface area contributed by atoms with Crippen LogP contribution in [0, 0.1) is 0 Å². The third-order valence-electron chi connectivity index (χ3n) is 1.97. The molecule has 0 amide bonds. The lowest BCUT2D eigenvalue weighted by Gasteiger charge is -2.14. The maximum atomic E-state index is 10.4. The largest absolute Gasteiger partial charge is 0.375 e. The molecule has 0 saturated heterocycles. The summed E-state index contributed by atoms with van der Waals surface area (Å²) in [4.78, 5) is 14.6. The van der Waals surface area contributed by atoms with E-state index in [0.717, 1.165) is 30.6 Å². The number of nitrogens with zero attached hydrogens (tertiary/aromatic N) is 1. The Morgan fingerprint density at radius 2 is 2.50 bits per heavy atom. The molecule has 0 aliphatic carbocycles. The molecule has 3 heteroatoms. The lowest BCUT2D eigenvalue weighted by molar-refractivity contribution is 0.106. The summed E-state index contributed by atoms with van der Waals surface area (Å²) < 4.78 is 5.22. The number of fused-ring (bicyclic) bond motifs is 1. The number of pyridine rings is 1. The Morgan fingerprint density at radius 1 is 1.58 bits per heavy atom. The number of ether oxygens (including phenoxy) is 1. The van der Waals surface area contributed by atoms with Gasteiger partial charge in [0.05, 0.1) is 18.9 Å². The van der Waals surface area contributed by atoms with E-state index in [4.69, 9.17) is 4.74 Å². The summed E-state index contributed by atoms with van der Waals surface area (Å²) in [6.45, 7) is 1.31. The van der Waals surface area contributed by atoms with Crippen molar-refractivity contribution in [1.29, 1.82) is 0 Å². The van der Waals surface area contributed by atoms with Gasteiger partial charge in [-0.1, -0.05) is 0 Å². The fourth-order valence-electron chi connectivity index (χ4n) is 1.32. The van der Waals surface area contributed by atoms with Gasteiger partial charge in [-0.15, -0.1) is 0 Å². The van der Waals surface area contributed by atoms with Crippen molar-refractivity contribution in [2.75, 3.05) is 6.61 Å². The molecule has 0 spiro atoms. The molecule has 1 aromatic heterocycles. The maximum Gasteiger partial charge on any atom is 0.151 e. The minimum absolute atomic E-state index is 0.578. The van der Waals surface area contributed by atoms with Crippen LogP contribution in [-0.2, 0) is 17.8 Å². The lowest BCUT2D eigenvalue weighted by Crippen LogP contribution is -2.11. The highest BCUT2D eigenvalue weighted by molar-refractivity contribution is 5.74. The molecule has 2 heterocycles. The standard InChI is InChI=1S/C9H9NO2/c11-5-7-3-8-1-2-12-6-9(8)10-4-7/h3-5H,1-2,6H2. The van der Waals surface area contributed by atoms with Gasteiger partial charge in [-0.05, 0) is 18.1 Å². The van der Waals surface area contributed by atoms with Crippen molar-refractivity contribution in [3.8, 4) is 0 Å². The SMILES string of the molecule is O=Cc1cnc2c(c1)CCOC2. The second-order valence-electron chi connectivity index (χ2n) is 2.79. The zero-order chi connectivity index (χ0) is 8.39. The normalized spacial score (nSPS) is 15.3. The van der Waals surface area contributed by atoms with E-state index in [9.17, 15) is 4.79 Å². The van der Waals surface area contributed by atoms with Crippen LogP contribution in [-0.4, -0.2) is 17.9 Å². The van der Waals surface area contributed by atoms with E-state index in [2.05, 4.69) is 4.98 Å². The van der Waals surface area contributed by atoms with Gasteiger partial charge in [0, 0.05) is 11.8 Å². The van der Waals surface area contributed by atoms with E-state index in [0.29, 0.717) is 12.2 Å². The number of aromatic nitrogens is 1. The molecule has 0 unspecified atom stereocenters. The molecule has 0 N–H and O–H groups in total. The van der Waals surface area contributed by atoms with Crippen LogP contribution in [0.1, 0.15) is 21.6 Å². The number of aldehydes is 1. The topological polar surface area (TPSA) is 39.2 Å². The van der Waals surface area contributed by atoms with E-state index in [1.54, 1.807) is 6.20 Å². The summed E-state index contributed by atoms with van der Waals surface area (Å²) >= 11 is 0. The summed E-state index contributed by atoms with van der Waals surface area (Å²) in [5.41, 5.74) is 2.76. The van der Waals surface area contributed by atoms with Gasteiger partial charge >= 0.3 is 0 Å². The summed E-state index contributed by atoms with van der Waals surface area (Å²) in [7, 11) is 0. The summed E-state index contributed by atoms with van der Waals surface area (Å²) in [6.07, 6.45) is 3.27. The Kier molecular flexibility index (Phi) is 1.87. The van der Waals surface area contributed by atoms with Gasteiger partial charge in [0.25, 0.3) is 0 Å². The minimum atomic E-state index is 0.578. The molecule has 1 aliphatic rings. The highest BCUT2D eigenvalue weighted by Crippen LogP contribution is 2.14. The van der Waals surface area contributed by atoms with E-state index in [-0.39, 0.29) is 0 Å². The number of carbonyl (C=O) groups excluding carboxylic acids is 1.